The van der Waals surface area contributed by atoms with Crippen LogP contribution >= 0.6 is 0 Å². The Kier molecular flexibility index (Phi) is 10.9. The molecule has 0 fully saturated rings. The minimum Gasteiger partial charge on any atom is -0.429 e. The summed E-state index contributed by atoms with van der Waals surface area (Å²) < 4.78 is 6.30. The van der Waals surface area contributed by atoms with Gasteiger partial charge in [-0.15, -0.1) is 0 Å². The molecule has 0 spiro atoms. The molecule has 2 rings (SSSR count). The number of hydrogen-bond donors (Lipinski definition) is 0. The number of hydrogen-bond acceptors (Lipinski definition) is 2. The van der Waals surface area contributed by atoms with E-state index in [0.717, 1.165) is 49.9 Å². The van der Waals surface area contributed by atoms with E-state index >= 15 is 0 Å². The van der Waals surface area contributed by atoms with Crippen LogP contribution in [0.3, 0.4) is 0 Å². The number of carbonyl (C=O) groups excluding carboxylic acids is 1. The fourth-order valence-corrected chi connectivity index (χ4v) is 3.89. The predicted molar refractivity (Wildman–Crippen MR) is 130 cm³/mol. The summed E-state index contributed by atoms with van der Waals surface area (Å²) in [6, 6.07) is 19.8. The molecule has 0 aliphatic rings. The number of nitrogens with zero attached hydrogens (tertiary/aromatic N) is 1. The van der Waals surface area contributed by atoms with Crippen molar-refractivity contribution in [1.29, 1.82) is 0 Å². The summed E-state index contributed by atoms with van der Waals surface area (Å²) in [5.41, 5.74) is 0.799. The Morgan fingerprint density at radius 1 is 0.806 bits per heavy atom. The van der Waals surface area contributed by atoms with Crippen LogP contribution in [0.25, 0.3) is 0 Å². The lowest BCUT2D eigenvalue weighted by atomic mass is 9.86. The fraction of sp³-hybridized carbons (Fsp3) is 0.464. The van der Waals surface area contributed by atoms with Crippen LogP contribution in [0.1, 0.15) is 76.3 Å². The Bertz CT molecular complexity index is 706. The van der Waals surface area contributed by atoms with E-state index in [2.05, 4.69) is 20.4 Å². The molecular formula is C28H39NO2. The second kappa shape index (κ2) is 13.7. The number of benzene rings is 2. The molecule has 2 aromatic rings. The molecule has 168 valence electrons. The summed E-state index contributed by atoms with van der Waals surface area (Å²) in [4.78, 5) is 15.3. The van der Waals surface area contributed by atoms with Crippen LogP contribution in [0.5, 0.6) is 0 Å². The highest BCUT2D eigenvalue weighted by Gasteiger charge is 2.36. The van der Waals surface area contributed by atoms with Crippen molar-refractivity contribution < 1.29 is 9.53 Å². The van der Waals surface area contributed by atoms with Crippen molar-refractivity contribution in [2.24, 2.45) is 0 Å². The molecule has 2 aromatic carbocycles. The van der Waals surface area contributed by atoms with Gasteiger partial charge in [-0.2, -0.15) is 0 Å². The molecule has 0 N–H and O–H groups in total. The normalized spacial score (nSPS) is 11.2. The summed E-state index contributed by atoms with van der Waals surface area (Å²) in [7, 11) is 0. The van der Waals surface area contributed by atoms with Crippen molar-refractivity contribution in [2.75, 3.05) is 13.1 Å². The van der Waals surface area contributed by atoms with Crippen LogP contribution < -0.4 is 0 Å². The molecule has 3 heteroatoms. The van der Waals surface area contributed by atoms with Crippen LogP contribution in [0.4, 0.5) is 4.79 Å². The highest BCUT2D eigenvalue weighted by Crippen LogP contribution is 2.35. The van der Waals surface area contributed by atoms with Crippen LogP contribution in [-0.4, -0.2) is 24.1 Å². The lowest BCUT2D eigenvalue weighted by Gasteiger charge is -2.34. The minimum absolute atomic E-state index is 0.263. The molecule has 0 atom stereocenters. The van der Waals surface area contributed by atoms with Crippen molar-refractivity contribution in [3.8, 4) is 0 Å². The van der Waals surface area contributed by atoms with Gasteiger partial charge in [0.25, 0.3) is 0 Å². The fourth-order valence-electron chi connectivity index (χ4n) is 3.89. The molecule has 0 radical (unpaired) electrons. The van der Waals surface area contributed by atoms with Crippen molar-refractivity contribution in [3.05, 3.63) is 84.4 Å². The molecule has 31 heavy (non-hydrogen) atoms. The van der Waals surface area contributed by atoms with Crippen LogP contribution in [0.15, 0.2) is 73.3 Å². The predicted octanol–water partition coefficient (Wildman–Crippen LogP) is 7.72. The van der Waals surface area contributed by atoms with Gasteiger partial charge >= 0.3 is 6.09 Å². The first-order valence-corrected chi connectivity index (χ1v) is 11.9. The van der Waals surface area contributed by atoms with Gasteiger partial charge in [0.05, 0.1) is 0 Å². The zero-order valence-electron chi connectivity index (χ0n) is 19.4. The van der Waals surface area contributed by atoms with Crippen LogP contribution in [0, 0.1) is 0 Å². The van der Waals surface area contributed by atoms with Gasteiger partial charge in [-0.1, -0.05) is 120 Å². The third kappa shape index (κ3) is 7.27. The van der Waals surface area contributed by atoms with Crippen LogP contribution in [-0.2, 0) is 10.3 Å². The molecule has 0 aromatic heterocycles. The highest BCUT2D eigenvalue weighted by molar-refractivity contribution is 5.69. The average Bonchev–Trinajstić information content (AvgIpc) is 2.82. The number of rotatable bonds is 14. The molecule has 0 saturated carbocycles. The molecule has 0 unspecified atom stereocenters. The number of unbranched alkanes of at least 4 members (excludes halogenated alkanes) is 6. The molecule has 0 aliphatic carbocycles. The topological polar surface area (TPSA) is 29.5 Å². The maximum atomic E-state index is 13.4. The highest BCUT2D eigenvalue weighted by atomic mass is 16.6. The first-order valence-electron chi connectivity index (χ1n) is 11.9. The molecule has 0 aliphatic heterocycles. The molecular weight excluding hydrogens is 382 g/mol. The van der Waals surface area contributed by atoms with E-state index in [9.17, 15) is 4.79 Å². The second-order valence-corrected chi connectivity index (χ2v) is 8.15. The van der Waals surface area contributed by atoms with Crippen molar-refractivity contribution in [2.45, 2.75) is 70.8 Å². The lowest BCUT2D eigenvalue weighted by molar-refractivity contribution is 0.0399. The van der Waals surface area contributed by atoms with E-state index in [4.69, 9.17) is 4.74 Å². The summed E-state index contributed by atoms with van der Waals surface area (Å²) in [6.45, 7) is 9.96. The second-order valence-electron chi connectivity index (χ2n) is 8.15. The largest absolute Gasteiger partial charge is 0.429 e. The summed E-state index contributed by atoms with van der Waals surface area (Å²) in [5.74, 6) is 0. The summed E-state index contributed by atoms with van der Waals surface area (Å²) >= 11 is 0. The van der Waals surface area contributed by atoms with Gasteiger partial charge in [0.2, 0.25) is 0 Å². The Morgan fingerprint density at radius 2 is 1.26 bits per heavy atom. The minimum atomic E-state index is -1.01. The Labute approximate surface area is 189 Å². The zero-order valence-corrected chi connectivity index (χ0v) is 19.4. The monoisotopic (exact) mass is 421 g/mol. The van der Waals surface area contributed by atoms with Gasteiger partial charge in [-0.25, -0.2) is 4.79 Å². The van der Waals surface area contributed by atoms with E-state index in [0.29, 0.717) is 0 Å². The Hall–Kier alpha value is -2.55. The Balaban J connectivity index is 2.26. The van der Waals surface area contributed by atoms with Gasteiger partial charge in [0.1, 0.15) is 0 Å². The maximum Gasteiger partial charge on any atom is 0.411 e. The molecule has 0 bridgehead atoms. The number of ether oxygens (including phenoxy) is 1. The van der Waals surface area contributed by atoms with Gasteiger partial charge in [0.15, 0.2) is 5.60 Å². The SMILES string of the molecule is C=CC(OC(=O)N(CCCCCC)CCCCCC)(c1ccccc1)c1ccccc1. The van der Waals surface area contributed by atoms with Gasteiger partial charge < -0.3 is 9.64 Å². The van der Waals surface area contributed by atoms with E-state index in [1.165, 1.54) is 25.7 Å². The van der Waals surface area contributed by atoms with Gasteiger partial charge in [-0.05, 0) is 18.9 Å². The summed E-state index contributed by atoms with van der Waals surface area (Å²) in [6.07, 6.45) is 10.5. The average molecular weight is 422 g/mol. The molecule has 0 saturated heterocycles. The number of carbonyl (C=O) groups is 1. The molecule has 1 amide bonds. The van der Waals surface area contributed by atoms with Crippen molar-refractivity contribution >= 4 is 6.09 Å². The van der Waals surface area contributed by atoms with E-state index < -0.39 is 5.60 Å². The maximum absolute atomic E-state index is 13.4. The summed E-state index contributed by atoms with van der Waals surface area (Å²) in [5, 5.41) is 0. The molecule has 0 heterocycles. The standard InChI is InChI=1S/C28H39NO2/c1-4-7-9-17-23-29(24-18-10-8-5-2)27(30)31-28(6-3,25-19-13-11-14-20-25)26-21-15-12-16-22-26/h6,11-16,19-22H,3-5,7-10,17-18,23-24H2,1-2H3. The van der Waals surface area contributed by atoms with Crippen LogP contribution in [0.2, 0.25) is 0 Å². The Morgan fingerprint density at radius 3 is 1.65 bits per heavy atom. The first kappa shape index (κ1) is 24.7. The van der Waals surface area contributed by atoms with E-state index in [-0.39, 0.29) is 6.09 Å². The lowest BCUT2D eigenvalue weighted by Crippen LogP contribution is -2.40. The van der Waals surface area contributed by atoms with Gasteiger partial charge in [-0.3, -0.25) is 0 Å². The third-order valence-corrected chi connectivity index (χ3v) is 5.76. The van der Waals surface area contributed by atoms with E-state index in [1.807, 2.05) is 65.6 Å². The molecule has 3 nitrogen and oxygen atoms in total. The zero-order chi connectivity index (χ0) is 22.4. The van der Waals surface area contributed by atoms with E-state index in [1.54, 1.807) is 6.08 Å². The third-order valence-electron chi connectivity index (χ3n) is 5.76. The van der Waals surface area contributed by atoms with Crippen molar-refractivity contribution in [1.82, 2.24) is 4.90 Å². The van der Waals surface area contributed by atoms with Crippen molar-refractivity contribution in [3.63, 3.8) is 0 Å². The first-order chi connectivity index (χ1) is 15.2. The van der Waals surface area contributed by atoms with Gasteiger partial charge in [0, 0.05) is 24.2 Å². The smallest absolute Gasteiger partial charge is 0.411 e. The number of amides is 1. The quantitative estimate of drug-likeness (QED) is 0.231.